The molecule has 0 bridgehead atoms. The van der Waals surface area contributed by atoms with Gasteiger partial charge in [-0.25, -0.2) is 9.78 Å². The molecule has 0 atom stereocenters. The van der Waals surface area contributed by atoms with Gasteiger partial charge < -0.3 is 9.57 Å². The molecule has 0 saturated carbocycles. The number of pyridine rings is 2. The largest absolute Gasteiger partial charge is 0.444 e. The first-order chi connectivity index (χ1) is 12.4. The number of nitrogens with one attached hydrogen (secondary N) is 1. The first-order valence-electron chi connectivity index (χ1n) is 7.85. The van der Waals surface area contributed by atoms with Crippen LogP contribution in [0.3, 0.4) is 0 Å². The van der Waals surface area contributed by atoms with E-state index in [-0.39, 0.29) is 12.3 Å². The van der Waals surface area contributed by atoms with E-state index < -0.39 is 11.7 Å². The molecule has 0 radical (unpaired) electrons. The monoisotopic (exact) mass is 353 g/mol. The quantitative estimate of drug-likeness (QED) is 0.652. The van der Waals surface area contributed by atoms with E-state index in [0.717, 1.165) is 0 Å². The molecule has 2 aromatic rings. The number of hydrogen-bond donors (Lipinski definition) is 1. The molecule has 0 aromatic carbocycles. The second kappa shape index (κ2) is 8.58. The number of nitriles is 1. The van der Waals surface area contributed by atoms with Crippen LogP contribution in [0.25, 0.3) is 0 Å². The predicted octanol–water partition coefficient (Wildman–Crippen LogP) is 3.27. The van der Waals surface area contributed by atoms with Gasteiger partial charge in [0.15, 0.2) is 6.61 Å². The van der Waals surface area contributed by atoms with Crippen LogP contribution < -0.4 is 5.32 Å². The van der Waals surface area contributed by atoms with Gasteiger partial charge in [-0.1, -0.05) is 17.3 Å². The predicted molar refractivity (Wildman–Crippen MR) is 95.3 cm³/mol. The summed E-state index contributed by atoms with van der Waals surface area (Å²) in [6.45, 7) is 5.35. The number of nitrogens with zero attached hydrogens (tertiary/aromatic N) is 4. The second-order valence-electron chi connectivity index (χ2n) is 6.18. The second-order valence-corrected chi connectivity index (χ2v) is 6.18. The Labute approximate surface area is 151 Å². The van der Waals surface area contributed by atoms with E-state index >= 15 is 0 Å². The summed E-state index contributed by atoms with van der Waals surface area (Å²) in [7, 11) is 0. The average molecular weight is 353 g/mol. The minimum Gasteiger partial charge on any atom is -0.444 e. The molecule has 1 N–H and O–H groups in total. The number of ether oxygens (including phenoxy) is 1. The molecular formula is C18H19N5O3. The van der Waals surface area contributed by atoms with Crippen LogP contribution in [0.5, 0.6) is 0 Å². The summed E-state index contributed by atoms with van der Waals surface area (Å²) in [5.74, 6) is 0.328. The van der Waals surface area contributed by atoms with Gasteiger partial charge in [0.1, 0.15) is 23.2 Å². The van der Waals surface area contributed by atoms with Crippen LogP contribution in [-0.2, 0) is 16.2 Å². The first-order valence-corrected chi connectivity index (χ1v) is 7.85. The molecule has 0 aliphatic rings. The lowest BCUT2D eigenvalue weighted by Gasteiger charge is -2.19. The van der Waals surface area contributed by atoms with Crippen molar-refractivity contribution in [3.8, 4) is 6.07 Å². The molecule has 0 unspecified atom stereocenters. The summed E-state index contributed by atoms with van der Waals surface area (Å²) in [5.41, 5.74) is 0.413. The summed E-state index contributed by atoms with van der Waals surface area (Å²) in [6.07, 6.45) is 0.971. The minimum atomic E-state index is -0.599. The number of amides is 1. The third kappa shape index (κ3) is 6.20. The lowest BCUT2D eigenvalue weighted by molar-refractivity contribution is 0.0635. The molecule has 2 rings (SSSR count). The zero-order valence-electron chi connectivity index (χ0n) is 14.8. The highest BCUT2D eigenvalue weighted by Crippen LogP contribution is 2.11. The first kappa shape index (κ1) is 18.9. The number of hydrogen-bond acceptors (Lipinski definition) is 7. The van der Waals surface area contributed by atoms with Crippen LogP contribution in [0.4, 0.5) is 10.6 Å². The maximum absolute atomic E-state index is 11.8. The Morgan fingerprint density at radius 2 is 2.08 bits per heavy atom. The highest BCUT2D eigenvalue weighted by Gasteiger charge is 2.16. The Hall–Kier alpha value is -3.47. The maximum Gasteiger partial charge on any atom is 0.413 e. The lowest BCUT2D eigenvalue weighted by atomic mass is 10.2. The van der Waals surface area contributed by atoms with Crippen LogP contribution in [0, 0.1) is 11.3 Å². The zero-order chi connectivity index (χ0) is 19.0. The summed E-state index contributed by atoms with van der Waals surface area (Å²) >= 11 is 0. The van der Waals surface area contributed by atoms with Crippen LogP contribution in [-0.4, -0.2) is 27.4 Å². The highest BCUT2D eigenvalue weighted by atomic mass is 16.6. The minimum absolute atomic E-state index is 0.0296. The van der Waals surface area contributed by atoms with Crippen LogP contribution in [0.15, 0.2) is 47.8 Å². The number of anilines is 1. The SMILES string of the molecule is CC(C)(C)OC(=O)Nc1cccc(CO/N=C(/C#N)c2ccccn2)n1. The van der Waals surface area contributed by atoms with Crippen LogP contribution >= 0.6 is 0 Å². The fourth-order valence-corrected chi connectivity index (χ4v) is 1.83. The van der Waals surface area contributed by atoms with E-state index in [9.17, 15) is 4.79 Å². The van der Waals surface area contributed by atoms with Crippen LogP contribution in [0.1, 0.15) is 32.2 Å². The van der Waals surface area contributed by atoms with Gasteiger partial charge in [0, 0.05) is 6.20 Å². The third-order valence-electron chi connectivity index (χ3n) is 2.82. The van der Waals surface area contributed by atoms with E-state index in [1.807, 2.05) is 6.07 Å². The fraction of sp³-hybridized carbons (Fsp3) is 0.278. The molecule has 1 amide bonds. The summed E-state index contributed by atoms with van der Waals surface area (Å²) in [6, 6.07) is 12.1. The maximum atomic E-state index is 11.8. The number of carbonyl (C=O) groups is 1. The number of rotatable bonds is 5. The van der Waals surface area contributed by atoms with Gasteiger partial charge in [-0.05, 0) is 45.0 Å². The molecule has 0 saturated heterocycles. The van der Waals surface area contributed by atoms with Crippen molar-refractivity contribution in [2.45, 2.75) is 33.0 Å². The molecule has 8 nitrogen and oxygen atoms in total. The van der Waals surface area contributed by atoms with Gasteiger partial charge in [0.25, 0.3) is 0 Å². The molecular weight excluding hydrogens is 334 g/mol. The van der Waals surface area contributed by atoms with E-state index in [1.165, 1.54) is 0 Å². The molecule has 26 heavy (non-hydrogen) atoms. The van der Waals surface area contributed by atoms with Gasteiger partial charge in [-0.2, -0.15) is 5.26 Å². The number of oxime groups is 1. The Morgan fingerprint density at radius 3 is 2.73 bits per heavy atom. The van der Waals surface area contributed by atoms with Crippen molar-refractivity contribution >= 4 is 17.6 Å². The molecule has 0 aliphatic heterocycles. The van der Waals surface area contributed by atoms with E-state index in [1.54, 1.807) is 63.4 Å². The number of aromatic nitrogens is 2. The fourth-order valence-electron chi connectivity index (χ4n) is 1.83. The molecule has 0 spiro atoms. The van der Waals surface area contributed by atoms with Gasteiger partial charge in [0.05, 0.1) is 5.69 Å². The van der Waals surface area contributed by atoms with Gasteiger partial charge >= 0.3 is 6.09 Å². The Bertz CT molecular complexity index is 823. The summed E-state index contributed by atoms with van der Waals surface area (Å²) in [5, 5.41) is 15.5. The highest BCUT2D eigenvalue weighted by molar-refractivity contribution is 6.09. The lowest BCUT2D eigenvalue weighted by Crippen LogP contribution is -2.27. The molecule has 0 fully saturated rings. The van der Waals surface area contributed by atoms with Crippen molar-refractivity contribution in [2.75, 3.05) is 5.32 Å². The standard InChI is InChI=1S/C18H19N5O3/c1-18(2,3)26-17(24)22-16-9-6-7-13(21-16)12-25-23-15(11-19)14-8-4-5-10-20-14/h4-10H,12H2,1-3H3,(H,21,22,24)/b23-15-. The molecule has 0 aliphatic carbocycles. The molecule has 2 heterocycles. The van der Waals surface area contributed by atoms with E-state index in [0.29, 0.717) is 17.2 Å². The van der Waals surface area contributed by atoms with Crippen molar-refractivity contribution in [1.29, 1.82) is 5.26 Å². The van der Waals surface area contributed by atoms with Crippen molar-refractivity contribution < 1.29 is 14.4 Å². The van der Waals surface area contributed by atoms with E-state index in [2.05, 4.69) is 20.4 Å². The molecule has 8 heteroatoms. The van der Waals surface area contributed by atoms with Crippen molar-refractivity contribution in [3.05, 3.63) is 54.0 Å². The van der Waals surface area contributed by atoms with Gasteiger partial charge in [-0.15, -0.1) is 0 Å². The van der Waals surface area contributed by atoms with Crippen LogP contribution in [0.2, 0.25) is 0 Å². The third-order valence-corrected chi connectivity index (χ3v) is 2.82. The molecule has 134 valence electrons. The van der Waals surface area contributed by atoms with Gasteiger partial charge in [0.2, 0.25) is 5.71 Å². The Morgan fingerprint density at radius 1 is 1.27 bits per heavy atom. The van der Waals surface area contributed by atoms with Gasteiger partial charge in [-0.3, -0.25) is 10.3 Å². The zero-order valence-corrected chi connectivity index (χ0v) is 14.8. The summed E-state index contributed by atoms with van der Waals surface area (Å²) in [4.78, 5) is 25.2. The smallest absolute Gasteiger partial charge is 0.413 e. The van der Waals surface area contributed by atoms with Crippen molar-refractivity contribution in [3.63, 3.8) is 0 Å². The summed E-state index contributed by atoms with van der Waals surface area (Å²) < 4.78 is 5.17. The topological polar surface area (TPSA) is 109 Å². The average Bonchev–Trinajstić information content (AvgIpc) is 2.58. The number of carbonyl (C=O) groups excluding carboxylic acids is 1. The van der Waals surface area contributed by atoms with Crippen molar-refractivity contribution in [1.82, 2.24) is 9.97 Å². The Balaban J connectivity index is 1.97. The van der Waals surface area contributed by atoms with Crippen molar-refractivity contribution in [2.24, 2.45) is 5.16 Å². The molecule has 2 aromatic heterocycles. The van der Waals surface area contributed by atoms with E-state index in [4.69, 9.17) is 14.8 Å². The normalized spacial score (nSPS) is 11.4. The Kier molecular flexibility index (Phi) is 6.22.